The molecular weight excluding hydrogens is 325 g/mol. The molecule has 0 aliphatic carbocycles. The van der Waals surface area contributed by atoms with Crippen molar-refractivity contribution in [3.63, 3.8) is 0 Å². The number of aromatic nitrogens is 2. The number of rotatable bonds is 7. The van der Waals surface area contributed by atoms with Gasteiger partial charge < -0.3 is 10.4 Å². The van der Waals surface area contributed by atoms with Crippen LogP contribution >= 0.6 is 0 Å². The van der Waals surface area contributed by atoms with Gasteiger partial charge in [-0.25, -0.2) is 9.18 Å². The SMILES string of the molecule is CC[C@@H](C)[C@H](NC(=O)Cc1c(-c2ccc(F)cc2)n[nH]c1C)C(=O)O. The normalized spacial score (nSPS) is 13.3. The molecule has 134 valence electrons. The molecule has 0 unspecified atom stereocenters. The molecule has 0 saturated heterocycles. The highest BCUT2D eigenvalue weighted by Gasteiger charge is 2.26. The number of carboxylic acids is 1. The standard InChI is InChI=1S/C18H22FN3O3/c1-4-10(2)16(18(24)25)20-15(23)9-14-11(3)21-22-17(14)12-5-7-13(19)8-6-12/h5-8,10,16H,4,9H2,1-3H3,(H,20,23)(H,21,22)(H,24,25)/t10-,16+/m1/s1. The van der Waals surface area contributed by atoms with Crippen molar-refractivity contribution in [1.82, 2.24) is 15.5 Å². The first kappa shape index (κ1) is 18.6. The number of hydrogen-bond acceptors (Lipinski definition) is 3. The molecule has 0 bridgehead atoms. The van der Waals surface area contributed by atoms with Crippen LogP contribution < -0.4 is 5.32 Å². The molecule has 2 atom stereocenters. The number of hydrogen-bond donors (Lipinski definition) is 3. The van der Waals surface area contributed by atoms with Gasteiger partial charge >= 0.3 is 5.97 Å². The fourth-order valence-corrected chi connectivity index (χ4v) is 2.58. The first-order valence-electron chi connectivity index (χ1n) is 8.15. The Labute approximate surface area is 145 Å². The number of aliphatic carboxylic acids is 1. The highest BCUT2D eigenvalue weighted by molar-refractivity contribution is 5.86. The number of H-pyrrole nitrogens is 1. The zero-order valence-electron chi connectivity index (χ0n) is 14.5. The smallest absolute Gasteiger partial charge is 0.326 e. The van der Waals surface area contributed by atoms with Crippen molar-refractivity contribution in [1.29, 1.82) is 0 Å². The van der Waals surface area contributed by atoms with Crippen LogP contribution in [0.2, 0.25) is 0 Å². The Kier molecular flexibility index (Phi) is 5.90. The van der Waals surface area contributed by atoms with E-state index in [1.165, 1.54) is 12.1 Å². The van der Waals surface area contributed by atoms with E-state index in [-0.39, 0.29) is 24.1 Å². The van der Waals surface area contributed by atoms with Crippen LogP contribution in [0.25, 0.3) is 11.3 Å². The number of aryl methyl sites for hydroxylation is 1. The first-order chi connectivity index (χ1) is 11.8. The summed E-state index contributed by atoms with van der Waals surface area (Å²) in [5.74, 6) is -1.97. The van der Waals surface area contributed by atoms with Crippen LogP contribution in [0.1, 0.15) is 31.5 Å². The molecule has 2 aromatic rings. The lowest BCUT2D eigenvalue weighted by molar-refractivity contribution is -0.143. The number of amides is 1. The maximum absolute atomic E-state index is 13.1. The van der Waals surface area contributed by atoms with E-state index in [4.69, 9.17) is 0 Å². The van der Waals surface area contributed by atoms with Gasteiger partial charge in [-0.3, -0.25) is 9.89 Å². The minimum absolute atomic E-state index is 0.00470. The molecule has 1 aromatic heterocycles. The van der Waals surface area contributed by atoms with E-state index in [0.717, 1.165) is 0 Å². The number of carbonyl (C=O) groups is 2. The van der Waals surface area contributed by atoms with Gasteiger partial charge in [0.2, 0.25) is 5.91 Å². The van der Waals surface area contributed by atoms with Crippen molar-refractivity contribution < 1.29 is 19.1 Å². The van der Waals surface area contributed by atoms with Gasteiger partial charge in [-0.1, -0.05) is 20.3 Å². The predicted octanol–water partition coefficient (Wildman–Crippen LogP) is 2.68. The summed E-state index contributed by atoms with van der Waals surface area (Å²) < 4.78 is 13.1. The lowest BCUT2D eigenvalue weighted by Crippen LogP contribution is -2.45. The van der Waals surface area contributed by atoms with Crippen molar-refractivity contribution in [2.75, 3.05) is 0 Å². The van der Waals surface area contributed by atoms with Gasteiger partial charge in [0.1, 0.15) is 11.9 Å². The van der Waals surface area contributed by atoms with Crippen LogP contribution in [0.15, 0.2) is 24.3 Å². The number of carboxylic acid groups (broad SMARTS) is 1. The summed E-state index contributed by atoms with van der Waals surface area (Å²) in [5, 5.41) is 18.9. The molecular formula is C18H22FN3O3. The molecule has 3 N–H and O–H groups in total. The molecule has 0 spiro atoms. The molecule has 2 rings (SSSR count). The predicted molar refractivity (Wildman–Crippen MR) is 91.4 cm³/mol. The number of nitrogens with zero attached hydrogens (tertiary/aromatic N) is 1. The van der Waals surface area contributed by atoms with Gasteiger partial charge in [-0.05, 0) is 37.1 Å². The minimum atomic E-state index is -1.05. The quantitative estimate of drug-likeness (QED) is 0.717. The maximum atomic E-state index is 13.1. The number of carbonyl (C=O) groups excluding carboxylic acids is 1. The van der Waals surface area contributed by atoms with E-state index in [0.29, 0.717) is 28.9 Å². The van der Waals surface area contributed by atoms with Crippen molar-refractivity contribution >= 4 is 11.9 Å². The Morgan fingerprint density at radius 1 is 1.32 bits per heavy atom. The molecule has 0 aliphatic heterocycles. The minimum Gasteiger partial charge on any atom is -0.480 e. The largest absolute Gasteiger partial charge is 0.480 e. The third-order valence-electron chi connectivity index (χ3n) is 4.32. The zero-order chi connectivity index (χ0) is 18.6. The average molecular weight is 347 g/mol. The van der Waals surface area contributed by atoms with Gasteiger partial charge in [-0.2, -0.15) is 5.10 Å². The third kappa shape index (κ3) is 4.43. The average Bonchev–Trinajstić information content (AvgIpc) is 2.93. The molecule has 0 fully saturated rings. The van der Waals surface area contributed by atoms with E-state index in [1.54, 1.807) is 26.0 Å². The molecule has 0 saturated carbocycles. The summed E-state index contributed by atoms with van der Waals surface area (Å²) in [5.41, 5.74) is 2.62. The molecule has 1 heterocycles. The van der Waals surface area contributed by atoms with E-state index >= 15 is 0 Å². The second-order valence-electron chi connectivity index (χ2n) is 6.13. The van der Waals surface area contributed by atoms with Gasteiger partial charge in [0, 0.05) is 16.8 Å². The number of aromatic amines is 1. The van der Waals surface area contributed by atoms with Gasteiger partial charge in [0.05, 0.1) is 12.1 Å². The summed E-state index contributed by atoms with van der Waals surface area (Å²) in [7, 11) is 0. The molecule has 6 nitrogen and oxygen atoms in total. The lowest BCUT2D eigenvalue weighted by atomic mass is 9.98. The van der Waals surface area contributed by atoms with E-state index in [9.17, 15) is 19.1 Å². The van der Waals surface area contributed by atoms with Gasteiger partial charge in [0.25, 0.3) is 0 Å². The lowest BCUT2D eigenvalue weighted by Gasteiger charge is -2.20. The van der Waals surface area contributed by atoms with Gasteiger partial charge in [-0.15, -0.1) is 0 Å². The second kappa shape index (κ2) is 7.92. The molecule has 0 radical (unpaired) electrons. The summed E-state index contributed by atoms with van der Waals surface area (Å²) in [6.07, 6.45) is 0.637. The van der Waals surface area contributed by atoms with Crippen molar-refractivity contribution in [3.8, 4) is 11.3 Å². The highest BCUT2D eigenvalue weighted by Crippen LogP contribution is 2.24. The zero-order valence-corrected chi connectivity index (χ0v) is 14.5. The fourth-order valence-electron chi connectivity index (χ4n) is 2.58. The molecule has 0 aliphatic rings. The van der Waals surface area contributed by atoms with Gasteiger partial charge in [0.15, 0.2) is 0 Å². The van der Waals surface area contributed by atoms with E-state index in [1.807, 2.05) is 6.92 Å². The molecule has 7 heteroatoms. The highest BCUT2D eigenvalue weighted by atomic mass is 19.1. The Morgan fingerprint density at radius 2 is 1.96 bits per heavy atom. The second-order valence-corrected chi connectivity index (χ2v) is 6.13. The number of benzene rings is 1. The number of nitrogens with one attached hydrogen (secondary N) is 2. The Bertz CT molecular complexity index is 755. The summed E-state index contributed by atoms with van der Waals surface area (Å²) >= 11 is 0. The topological polar surface area (TPSA) is 95.1 Å². The first-order valence-corrected chi connectivity index (χ1v) is 8.15. The third-order valence-corrected chi connectivity index (χ3v) is 4.32. The van der Waals surface area contributed by atoms with Crippen molar-refractivity contribution in [2.24, 2.45) is 5.92 Å². The Morgan fingerprint density at radius 3 is 2.52 bits per heavy atom. The summed E-state index contributed by atoms with van der Waals surface area (Å²) in [6, 6.07) is 4.90. The van der Waals surface area contributed by atoms with Crippen molar-refractivity contribution in [3.05, 3.63) is 41.3 Å². The number of halogens is 1. The van der Waals surface area contributed by atoms with Crippen molar-refractivity contribution in [2.45, 2.75) is 39.7 Å². The summed E-state index contributed by atoms with van der Waals surface area (Å²) in [4.78, 5) is 23.7. The monoisotopic (exact) mass is 347 g/mol. The molecule has 25 heavy (non-hydrogen) atoms. The molecule has 1 aromatic carbocycles. The van der Waals surface area contributed by atoms with Crippen LogP contribution in [0.3, 0.4) is 0 Å². The summed E-state index contributed by atoms with van der Waals surface area (Å²) in [6.45, 7) is 5.44. The Hall–Kier alpha value is -2.70. The van der Waals surface area contributed by atoms with Crippen LogP contribution in [0, 0.1) is 18.7 Å². The maximum Gasteiger partial charge on any atom is 0.326 e. The van der Waals surface area contributed by atoms with Crippen LogP contribution in [-0.2, 0) is 16.0 Å². The van der Waals surface area contributed by atoms with E-state index in [2.05, 4.69) is 15.5 Å². The van der Waals surface area contributed by atoms with Crippen LogP contribution in [0.4, 0.5) is 4.39 Å². The fraction of sp³-hybridized carbons (Fsp3) is 0.389. The Balaban J connectivity index is 2.20. The van der Waals surface area contributed by atoms with E-state index < -0.39 is 12.0 Å². The van der Waals surface area contributed by atoms with Crippen LogP contribution in [-0.4, -0.2) is 33.2 Å². The van der Waals surface area contributed by atoms with Crippen LogP contribution in [0.5, 0.6) is 0 Å². The molecule has 1 amide bonds.